The summed E-state index contributed by atoms with van der Waals surface area (Å²) in [4.78, 5) is 29.6. The molecule has 39 heavy (non-hydrogen) atoms. The molecule has 1 fully saturated rings. The van der Waals surface area contributed by atoms with Crippen LogP contribution in [-0.4, -0.2) is 28.8 Å². The zero-order chi connectivity index (χ0) is 27.8. The summed E-state index contributed by atoms with van der Waals surface area (Å²) in [6.45, 7) is 9.11. The summed E-state index contributed by atoms with van der Waals surface area (Å²) >= 11 is 0. The van der Waals surface area contributed by atoms with Crippen molar-refractivity contribution in [1.29, 1.82) is 0 Å². The highest BCUT2D eigenvalue weighted by Gasteiger charge is 2.32. The SMILES string of the molecule is Cc1ccccc1CN(C(=O)CCc1ccc(C(C)(C)C)cc1)[C@@H](Cc1ccccc1)C(=O)NC1CCCC1. The third-order valence-corrected chi connectivity index (χ3v) is 8.02. The maximum Gasteiger partial charge on any atom is 0.243 e. The Bertz CT molecular complexity index is 1220. The van der Waals surface area contributed by atoms with Gasteiger partial charge in [-0.1, -0.05) is 112 Å². The van der Waals surface area contributed by atoms with E-state index in [1.165, 1.54) is 5.56 Å². The molecule has 4 nitrogen and oxygen atoms in total. The molecule has 3 aromatic carbocycles. The van der Waals surface area contributed by atoms with Crippen molar-refractivity contribution >= 4 is 11.8 Å². The van der Waals surface area contributed by atoms with Gasteiger partial charge in [0.05, 0.1) is 0 Å². The van der Waals surface area contributed by atoms with Crippen molar-refractivity contribution < 1.29 is 9.59 Å². The molecule has 1 atom stereocenters. The zero-order valence-electron chi connectivity index (χ0n) is 24.1. The van der Waals surface area contributed by atoms with Crippen LogP contribution >= 0.6 is 0 Å². The van der Waals surface area contributed by atoms with Crippen molar-refractivity contribution in [3.63, 3.8) is 0 Å². The summed E-state index contributed by atoms with van der Waals surface area (Å²) in [6, 6.07) is 26.5. The molecule has 1 aliphatic rings. The second-order valence-electron chi connectivity index (χ2n) is 12.1. The lowest BCUT2D eigenvalue weighted by Crippen LogP contribution is -2.52. The molecule has 0 aliphatic heterocycles. The number of amides is 2. The summed E-state index contributed by atoms with van der Waals surface area (Å²) in [5.74, 6) is -0.0251. The molecule has 0 radical (unpaired) electrons. The van der Waals surface area contributed by atoms with Gasteiger partial charge in [-0.25, -0.2) is 0 Å². The molecular formula is C35H44N2O2. The summed E-state index contributed by atoms with van der Waals surface area (Å²) in [5.41, 5.74) is 5.78. The minimum Gasteiger partial charge on any atom is -0.352 e. The normalized spacial score (nSPS) is 14.7. The Morgan fingerprint density at radius 3 is 2.15 bits per heavy atom. The van der Waals surface area contributed by atoms with Gasteiger partial charge in [-0.3, -0.25) is 9.59 Å². The Kier molecular flexibility index (Phi) is 9.61. The molecule has 0 heterocycles. The number of nitrogens with one attached hydrogen (secondary N) is 1. The molecule has 1 saturated carbocycles. The van der Waals surface area contributed by atoms with E-state index in [1.807, 2.05) is 47.4 Å². The number of nitrogens with zero attached hydrogens (tertiary/aromatic N) is 1. The standard InChI is InChI=1S/C35H44N2O2/c1-26-12-8-9-15-29(26)25-37(33(38)23-20-27-18-21-30(22-19-27)35(2,3)4)32(24-28-13-6-5-7-14-28)34(39)36-31-16-10-11-17-31/h5-9,12-15,18-19,21-22,31-32H,10-11,16-17,20,23-25H2,1-4H3,(H,36,39)/t32-/m0/s1. The van der Waals surface area contributed by atoms with Gasteiger partial charge in [0.25, 0.3) is 0 Å². The van der Waals surface area contributed by atoms with Crippen LogP contribution in [0.1, 0.15) is 80.7 Å². The Morgan fingerprint density at radius 1 is 0.872 bits per heavy atom. The average molecular weight is 525 g/mol. The number of carbonyl (C=O) groups is 2. The van der Waals surface area contributed by atoms with E-state index >= 15 is 0 Å². The molecular weight excluding hydrogens is 480 g/mol. The number of aryl methyl sites for hydroxylation is 2. The lowest BCUT2D eigenvalue weighted by Gasteiger charge is -2.33. The van der Waals surface area contributed by atoms with Gasteiger partial charge in [-0.05, 0) is 59.4 Å². The molecule has 4 rings (SSSR count). The first-order valence-electron chi connectivity index (χ1n) is 14.5. The second kappa shape index (κ2) is 13.1. The highest BCUT2D eigenvalue weighted by Crippen LogP contribution is 2.24. The molecule has 0 bridgehead atoms. The van der Waals surface area contributed by atoms with Crippen LogP contribution in [-0.2, 0) is 34.4 Å². The van der Waals surface area contributed by atoms with Crippen LogP contribution in [0.2, 0.25) is 0 Å². The Labute approximate surface area is 234 Å². The van der Waals surface area contributed by atoms with E-state index in [4.69, 9.17) is 0 Å². The minimum atomic E-state index is -0.566. The molecule has 1 aliphatic carbocycles. The van der Waals surface area contributed by atoms with Gasteiger partial charge >= 0.3 is 0 Å². The average Bonchev–Trinajstić information content (AvgIpc) is 3.43. The zero-order valence-corrected chi connectivity index (χ0v) is 24.1. The van der Waals surface area contributed by atoms with Crippen molar-refractivity contribution in [1.82, 2.24) is 10.2 Å². The molecule has 3 aromatic rings. The van der Waals surface area contributed by atoms with Crippen molar-refractivity contribution in [2.24, 2.45) is 0 Å². The van der Waals surface area contributed by atoms with Crippen molar-refractivity contribution in [3.05, 3.63) is 107 Å². The van der Waals surface area contributed by atoms with Crippen LogP contribution in [0.4, 0.5) is 0 Å². The van der Waals surface area contributed by atoms with Gasteiger partial charge in [0, 0.05) is 25.4 Å². The maximum absolute atomic E-state index is 14.0. The highest BCUT2D eigenvalue weighted by molar-refractivity contribution is 5.88. The quantitative estimate of drug-likeness (QED) is 0.313. The van der Waals surface area contributed by atoms with Crippen LogP contribution in [0.5, 0.6) is 0 Å². The lowest BCUT2D eigenvalue weighted by atomic mass is 9.86. The van der Waals surface area contributed by atoms with Crippen molar-refractivity contribution in [2.75, 3.05) is 0 Å². The molecule has 1 N–H and O–H groups in total. The highest BCUT2D eigenvalue weighted by atomic mass is 16.2. The molecule has 0 unspecified atom stereocenters. The molecule has 0 saturated heterocycles. The number of carbonyl (C=O) groups excluding carboxylic acids is 2. The Balaban J connectivity index is 1.59. The van der Waals surface area contributed by atoms with Gasteiger partial charge in [0.1, 0.15) is 6.04 Å². The smallest absolute Gasteiger partial charge is 0.243 e. The van der Waals surface area contributed by atoms with Crippen LogP contribution in [0.25, 0.3) is 0 Å². The van der Waals surface area contributed by atoms with Crippen molar-refractivity contribution in [2.45, 2.75) is 96.7 Å². The predicted octanol–water partition coefficient (Wildman–Crippen LogP) is 6.92. The van der Waals surface area contributed by atoms with E-state index in [2.05, 4.69) is 69.4 Å². The summed E-state index contributed by atoms with van der Waals surface area (Å²) < 4.78 is 0. The van der Waals surface area contributed by atoms with Crippen LogP contribution < -0.4 is 5.32 Å². The monoisotopic (exact) mass is 524 g/mol. The molecule has 0 aromatic heterocycles. The number of hydrogen-bond donors (Lipinski definition) is 1. The first-order chi connectivity index (χ1) is 18.7. The Hall–Kier alpha value is -3.40. The first kappa shape index (κ1) is 28.6. The van der Waals surface area contributed by atoms with Gasteiger partial charge in [0.15, 0.2) is 0 Å². The number of hydrogen-bond acceptors (Lipinski definition) is 2. The first-order valence-corrected chi connectivity index (χ1v) is 14.5. The van der Waals surface area contributed by atoms with E-state index in [0.717, 1.165) is 47.9 Å². The van der Waals surface area contributed by atoms with Gasteiger partial charge in [-0.2, -0.15) is 0 Å². The van der Waals surface area contributed by atoms with Gasteiger partial charge in [0.2, 0.25) is 11.8 Å². The summed E-state index contributed by atoms with van der Waals surface area (Å²) in [6.07, 6.45) is 5.83. The van der Waals surface area contributed by atoms with Crippen LogP contribution in [0, 0.1) is 6.92 Å². The summed E-state index contributed by atoms with van der Waals surface area (Å²) in [5, 5.41) is 3.30. The molecule has 2 amide bonds. The van der Waals surface area contributed by atoms with Crippen LogP contribution in [0.3, 0.4) is 0 Å². The fourth-order valence-corrected chi connectivity index (χ4v) is 5.46. The number of rotatable bonds is 10. The maximum atomic E-state index is 14.0. The van der Waals surface area contributed by atoms with E-state index in [-0.39, 0.29) is 23.3 Å². The third kappa shape index (κ3) is 8.05. The predicted molar refractivity (Wildman–Crippen MR) is 160 cm³/mol. The fraction of sp³-hybridized carbons (Fsp3) is 0.429. The lowest BCUT2D eigenvalue weighted by molar-refractivity contribution is -0.141. The van der Waals surface area contributed by atoms with Gasteiger partial charge < -0.3 is 10.2 Å². The number of benzene rings is 3. The molecule has 0 spiro atoms. The Morgan fingerprint density at radius 2 is 1.51 bits per heavy atom. The van der Waals surface area contributed by atoms with Crippen LogP contribution in [0.15, 0.2) is 78.9 Å². The second-order valence-corrected chi connectivity index (χ2v) is 12.1. The van der Waals surface area contributed by atoms with E-state index in [1.54, 1.807) is 0 Å². The van der Waals surface area contributed by atoms with E-state index in [9.17, 15) is 9.59 Å². The third-order valence-electron chi connectivity index (χ3n) is 8.02. The largest absolute Gasteiger partial charge is 0.352 e. The molecule has 4 heteroatoms. The van der Waals surface area contributed by atoms with Crippen molar-refractivity contribution in [3.8, 4) is 0 Å². The fourth-order valence-electron chi connectivity index (χ4n) is 5.46. The van der Waals surface area contributed by atoms with E-state index < -0.39 is 6.04 Å². The topological polar surface area (TPSA) is 49.4 Å². The van der Waals surface area contributed by atoms with Gasteiger partial charge in [-0.15, -0.1) is 0 Å². The minimum absolute atomic E-state index is 0.0145. The van der Waals surface area contributed by atoms with E-state index in [0.29, 0.717) is 25.8 Å². The summed E-state index contributed by atoms with van der Waals surface area (Å²) in [7, 11) is 0. The molecule has 206 valence electrons.